The summed E-state index contributed by atoms with van der Waals surface area (Å²) in [5, 5.41) is 10.8. The van der Waals surface area contributed by atoms with Gasteiger partial charge in [0, 0.05) is 16.6 Å². The zero-order valence-corrected chi connectivity index (χ0v) is 11.7. The number of benzene rings is 1. The Bertz CT molecular complexity index is 514. The molecule has 1 atom stereocenters. The molecule has 0 amide bonds. The molecule has 0 saturated heterocycles. The molecule has 1 aromatic carbocycles. The molecule has 5 nitrogen and oxygen atoms in total. The van der Waals surface area contributed by atoms with E-state index in [1.165, 1.54) is 12.1 Å². The van der Waals surface area contributed by atoms with Crippen LogP contribution in [0.25, 0.3) is 0 Å². The van der Waals surface area contributed by atoms with Gasteiger partial charge in [-0.2, -0.15) is 0 Å². The highest BCUT2D eigenvalue weighted by molar-refractivity contribution is 9.10. The van der Waals surface area contributed by atoms with Gasteiger partial charge < -0.3 is 4.74 Å². The first-order valence-corrected chi connectivity index (χ1v) is 6.43. The molecule has 0 radical (unpaired) electrons. The van der Waals surface area contributed by atoms with Crippen molar-refractivity contribution in [3.8, 4) is 0 Å². The third-order valence-corrected chi connectivity index (χ3v) is 3.53. The lowest BCUT2D eigenvalue weighted by atomic mass is 10.1. The second kappa shape index (κ2) is 5.06. The Labute approximate surface area is 113 Å². The van der Waals surface area contributed by atoms with Gasteiger partial charge in [0.15, 0.2) is 0 Å². The van der Waals surface area contributed by atoms with Gasteiger partial charge >= 0.3 is 0 Å². The van der Waals surface area contributed by atoms with Crippen LogP contribution in [0.15, 0.2) is 27.7 Å². The maximum atomic E-state index is 10.8. The van der Waals surface area contributed by atoms with Crippen LogP contribution in [0.2, 0.25) is 0 Å². The van der Waals surface area contributed by atoms with Crippen LogP contribution in [-0.2, 0) is 4.74 Å². The molecule has 1 aliphatic heterocycles. The summed E-state index contributed by atoms with van der Waals surface area (Å²) < 4.78 is 6.27. The highest BCUT2D eigenvalue weighted by Gasteiger charge is 2.25. The van der Waals surface area contributed by atoms with E-state index in [2.05, 4.69) is 34.8 Å². The van der Waals surface area contributed by atoms with Crippen LogP contribution in [0.4, 0.5) is 5.69 Å². The monoisotopic (exact) mass is 312 g/mol. The molecule has 0 fully saturated rings. The van der Waals surface area contributed by atoms with Crippen LogP contribution in [0.3, 0.4) is 0 Å². The number of hydrogen-bond donors (Lipinski definition) is 0. The van der Waals surface area contributed by atoms with Crippen LogP contribution in [-0.4, -0.2) is 23.5 Å². The van der Waals surface area contributed by atoms with Crippen LogP contribution in [0.1, 0.15) is 19.4 Å². The minimum Gasteiger partial charge on any atom is -0.475 e. The first-order chi connectivity index (χ1) is 8.49. The molecule has 1 heterocycles. The number of rotatable bonds is 3. The van der Waals surface area contributed by atoms with E-state index in [1.807, 2.05) is 0 Å². The van der Waals surface area contributed by atoms with Crippen molar-refractivity contribution >= 4 is 27.5 Å². The summed E-state index contributed by atoms with van der Waals surface area (Å²) in [6.07, 6.45) is 0. The lowest BCUT2D eigenvalue weighted by molar-refractivity contribution is -0.384. The zero-order chi connectivity index (χ0) is 13.3. The summed E-state index contributed by atoms with van der Waals surface area (Å²) in [5.41, 5.74) is 0.667. The Hall–Kier alpha value is -1.43. The largest absolute Gasteiger partial charge is 0.475 e. The molecule has 0 aromatic heterocycles. The topological polar surface area (TPSA) is 64.7 Å². The minimum atomic E-state index is -0.425. The van der Waals surface area contributed by atoms with Crippen molar-refractivity contribution in [1.82, 2.24) is 0 Å². The van der Waals surface area contributed by atoms with Gasteiger partial charge in [0.25, 0.3) is 5.69 Å². The number of ether oxygens (including phenoxy) is 1. The van der Waals surface area contributed by atoms with E-state index in [0.29, 0.717) is 24.0 Å². The SMILES string of the molecule is CC(C)[C@@H]1COC(c2cc([N+](=O)[O-])ccc2Br)=N1. The molecular formula is C12H13BrN2O3. The second-order valence-corrected chi connectivity index (χ2v) is 5.33. The maximum absolute atomic E-state index is 10.8. The van der Waals surface area contributed by atoms with Crippen molar-refractivity contribution in [2.24, 2.45) is 10.9 Å². The van der Waals surface area contributed by atoms with E-state index in [-0.39, 0.29) is 11.7 Å². The molecule has 0 N–H and O–H groups in total. The van der Waals surface area contributed by atoms with Crippen LogP contribution in [0, 0.1) is 16.0 Å². The Morgan fingerprint density at radius 3 is 2.83 bits per heavy atom. The fourth-order valence-electron chi connectivity index (χ4n) is 1.67. The number of aliphatic imine (C=N–C) groups is 1. The van der Waals surface area contributed by atoms with Crippen molar-refractivity contribution < 1.29 is 9.66 Å². The van der Waals surface area contributed by atoms with E-state index in [4.69, 9.17) is 4.74 Å². The van der Waals surface area contributed by atoms with Gasteiger partial charge in [0.1, 0.15) is 6.61 Å². The molecule has 96 valence electrons. The molecular weight excluding hydrogens is 300 g/mol. The number of nitro groups is 1. The predicted molar refractivity (Wildman–Crippen MR) is 71.9 cm³/mol. The van der Waals surface area contributed by atoms with Gasteiger partial charge in [-0.15, -0.1) is 0 Å². The van der Waals surface area contributed by atoms with Gasteiger partial charge in [-0.3, -0.25) is 10.1 Å². The van der Waals surface area contributed by atoms with E-state index < -0.39 is 4.92 Å². The summed E-state index contributed by atoms with van der Waals surface area (Å²) >= 11 is 3.36. The van der Waals surface area contributed by atoms with E-state index in [9.17, 15) is 10.1 Å². The fourth-order valence-corrected chi connectivity index (χ4v) is 2.09. The summed E-state index contributed by atoms with van der Waals surface area (Å²) in [7, 11) is 0. The maximum Gasteiger partial charge on any atom is 0.270 e. The van der Waals surface area contributed by atoms with Gasteiger partial charge in [0.2, 0.25) is 5.90 Å². The van der Waals surface area contributed by atoms with Crippen LogP contribution in [0.5, 0.6) is 0 Å². The van der Waals surface area contributed by atoms with Crippen molar-refractivity contribution in [1.29, 1.82) is 0 Å². The standard InChI is InChI=1S/C12H13BrN2O3/c1-7(2)11-6-18-12(14-11)9-5-8(15(16)17)3-4-10(9)13/h3-5,7,11H,6H2,1-2H3/t11-/m0/s1. The Kier molecular flexibility index (Phi) is 3.65. The lowest BCUT2D eigenvalue weighted by Crippen LogP contribution is -2.13. The molecule has 2 rings (SSSR count). The molecule has 0 saturated carbocycles. The van der Waals surface area contributed by atoms with E-state index >= 15 is 0 Å². The summed E-state index contributed by atoms with van der Waals surface area (Å²) in [6.45, 7) is 4.67. The third kappa shape index (κ3) is 2.53. The van der Waals surface area contributed by atoms with Gasteiger partial charge in [-0.05, 0) is 27.9 Å². The molecule has 0 bridgehead atoms. The summed E-state index contributed by atoms with van der Waals surface area (Å²) in [4.78, 5) is 14.8. The lowest BCUT2D eigenvalue weighted by Gasteiger charge is -2.06. The molecule has 0 unspecified atom stereocenters. The van der Waals surface area contributed by atoms with Crippen molar-refractivity contribution in [3.05, 3.63) is 38.3 Å². The van der Waals surface area contributed by atoms with Crippen molar-refractivity contribution in [3.63, 3.8) is 0 Å². The van der Waals surface area contributed by atoms with Crippen molar-refractivity contribution in [2.45, 2.75) is 19.9 Å². The average Bonchev–Trinajstić information content (AvgIpc) is 2.78. The van der Waals surface area contributed by atoms with Crippen LogP contribution >= 0.6 is 15.9 Å². The molecule has 0 spiro atoms. The summed E-state index contributed by atoms with van der Waals surface area (Å²) in [5.74, 6) is 0.865. The Morgan fingerprint density at radius 1 is 1.56 bits per heavy atom. The summed E-state index contributed by atoms with van der Waals surface area (Å²) in [6, 6.07) is 4.68. The van der Waals surface area contributed by atoms with Crippen LogP contribution < -0.4 is 0 Å². The van der Waals surface area contributed by atoms with Gasteiger partial charge in [-0.1, -0.05) is 13.8 Å². The average molecular weight is 313 g/mol. The highest BCUT2D eigenvalue weighted by atomic mass is 79.9. The van der Waals surface area contributed by atoms with Gasteiger partial charge in [0.05, 0.1) is 16.5 Å². The fraction of sp³-hybridized carbons (Fsp3) is 0.417. The van der Waals surface area contributed by atoms with Crippen molar-refractivity contribution in [2.75, 3.05) is 6.61 Å². The highest BCUT2D eigenvalue weighted by Crippen LogP contribution is 2.26. The van der Waals surface area contributed by atoms with Gasteiger partial charge in [-0.25, -0.2) is 4.99 Å². The predicted octanol–water partition coefficient (Wildman–Crippen LogP) is 3.16. The first kappa shape index (κ1) is 13.0. The second-order valence-electron chi connectivity index (χ2n) is 4.48. The quantitative estimate of drug-likeness (QED) is 0.636. The first-order valence-electron chi connectivity index (χ1n) is 5.64. The molecule has 1 aliphatic rings. The Balaban J connectivity index is 2.36. The van der Waals surface area contributed by atoms with E-state index in [0.717, 1.165) is 4.47 Å². The number of nitro benzene ring substituents is 1. The molecule has 6 heteroatoms. The molecule has 1 aromatic rings. The molecule has 0 aliphatic carbocycles. The third-order valence-electron chi connectivity index (χ3n) is 2.83. The number of non-ortho nitro benzene ring substituents is 1. The smallest absolute Gasteiger partial charge is 0.270 e. The normalized spacial score (nSPS) is 18.7. The number of nitrogens with zero attached hydrogens (tertiary/aromatic N) is 2. The van der Waals surface area contributed by atoms with E-state index in [1.54, 1.807) is 6.07 Å². The minimum absolute atomic E-state index is 0.0347. The number of hydrogen-bond acceptors (Lipinski definition) is 4. The Morgan fingerprint density at radius 2 is 2.28 bits per heavy atom. The molecule has 18 heavy (non-hydrogen) atoms. The zero-order valence-electron chi connectivity index (χ0n) is 10.1. The number of halogens is 1.